The zero-order valence-electron chi connectivity index (χ0n) is 11.1. The van der Waals surface area contributed by atoms with Crippen molar-refractivity contribution in [1.82, 2.24) is 0 Å². The first kappa shape index (κ1) is 14.1. The van der Waals surface area contributed by atoms with Crippen LogP contribution in [-0.4, -0.2) is 19.5 Å². The lowest BCUT2D eigenvalue weighted by Gasteiger charge is -2.11. The first-order valence-corrected chi connectivity index (χ1v) is 7.17. The summed E-state index contributed by atoms with van der Waals surface area (Å²) < 4.78 is 12.2. The molecule has 1 aromatic carbocycles. The molecule has 0 unspecified atom stereocenters. The average molecular weight is 325 g/mol. The van der Waals surface area contributed by atoms with Gasteiger partial charge in [0.25, 0.3) is 0 Å². The van der Waals surface area contributed by atoms with Crippen LogP contribution in [-0.2, 0) is 4.79 Å². The van der Waals surface area contributed by atoms with E-state index in [1.54, 1.807) is 0 Å². The molecule has 0 aliphatic carbocycles. The quantitative estimate of drug-likeness (QED) is 0.625. The van der Waals surface area contributed by atoms with Crippen LogP contribution < -0.4 is 9.47 Å². The van der Waals surface area contributed by atoms with E-state index in [2.05, 4.69) is 15.9 Å². The number of carbonyl (C=O) groups is 1. The third-order valence-corrected chi connectivity index (χ3v) is 3.55. The lowest BCUT2D eigenvalue weighted by atomic mass is 10.0. The zero-order chi connectivity index (χ0) is 13.8. The first-order chi connectivity index (χ1) is 9.11. The first-order valence-electron chi connectivity index (χ1n) is 6.37. The summed E-state index contributed by atoms with van der Waals surface area (Å²) in [6.45, 7) is 5.31. The summed E-state index contributed by atoms with van der Waals surface area (Å²) in [6, 6.07) is 3.86. The number of hydrogen-bond acceptors (Lipinski definition) is 3. The van der Waals surface area contributed by atoms with Crippen molar-refractivity contribution in [2.75, 3.05) is 13.2 Å². The van der Waals surface area contributed by atoms with Gasteiger partial charge in [-0.1, -0.05) is 13.8 Å². The fourth-order valence-electron chi connectivity index (χ4n) is 1.86. The van der Waals surface area contributed by atoms with Crippen molar-refractivity contribution in [3.8, 4) is 11.5 Å². The van der Waals surface area contributed by atoms with Crippen LogP contribution in [0.3, 0.4) is 0 Å². The smallest absolute Gasteiger partial charge is 0.175 e. The highest BCUT2D eigenvalue weighted by Crippen LogP contribution is 2.38. The second-order valence-corrected chi connectivity index (χ2v) is 5.65. The van der Waals surface area contributed by atoms with Gasteiger partial charge in [0.2, 0.25) is 0 Å². The summed E-state index contributed by atoms with van der Waals surface area (Å²) in [4.78, 5) is 11.0. The molecule has 0 aromatic heterocycles. The topological polar surface area (TPSA) is 35.5 Å². The number of ether oxygens (including phenoxy) is 2. The Balaban J connectivity index is 2.41. The van der Waals surface area contributed by atoms with Gasteiger partial charge in [-0.15, -0.1) is 0 Å². The number of aldehydes is 1. The van der Waals surface area contributed by atoms with Gasteiger partial charge in [0.15, 0.2) is 11.5 Å². The molecule has 102 valence electrons. The Labute approximate surface area is 121 Å². The molecule has 0 saturated carbocycles. The van der Waals surface area contributed by atoms with Crippen LogP contribution in [0.5, 0.6) is 11.5 Å². The molecule has 1 heterocycles. The molecule has 4 heteroatoms. The molecule has 0 N–H and O–H groups in total. The van der Waals surface area contributed by atoms with E-state index < -0.39 is 0 Å². The SMILES string of the molecule is CC(C)C(C=O)=Cc1cc(Br)c2c(c1)OCCCO2. The van der Waals surface area contributed by atoms with Gasteiger partial charge in [-0.2, -0.15) is 0 Å². The fourth-order valence-corrected chi connectivity index (χ4v) is 2.44. The van der Waals surface area contributed by atoms with Gasteiger partial charge in [0.05, 0.1) is 17.7 Å². The van der Waals surface area contributed by atoms with Gasteiger partial charge < -0.3 is 9.47 Å². The molecule has 0 fully saturated rings. The number of rotatable bonds is 3. The number of hydrogen-bond donors (Lipinski definition) is 0. The Morgan fingerprint density at radius 1 is 1.32 bits per heavy atom. The molecular formula is C15H17BrO3. The molecule has 1 aliphatic heterocycles. The van der Waals surface area contributed by atoms with E-state index in [4.69, 9.17) is 9.47 Å². The Morgan fingerprint density at radius 3 is 2.74 bits per heavy atom. The molecule has 1 aliphatic rings. The number of carbonyl (C=O) groups excluding carboxylic acids is 1. The van der Waals surface area contributed by atoms with E-state index in [-0.39, 0.29) is 5.92 Å². The Bertz CT molecular complexity index is 506. The predicted octanol–water partition coefficient (Wildman–Crippen LogP) is 3.85. The predicted molar refractivity (Wildman–Crippen MR) is 78.6 cm³/mol. The van der Waals surface area contributed by atoms with E-state index in [1.807, 2.05) is 32.1 Å². The van der Waals surface area contributed by atoms with E-state index in [1.165, 1.54) is 0 Å². The molecule has 0 saturated heterocycles. The van der Waals surface area contributed by atoms with Gasteiger partial charge >= 0.3 is 0 Å². The molecule has 0 atom stereocenters. The van der Waals surface area contributed by atoms with Crippen molar-refractivity contribution >= 4 is 28.3 Å². The fraction of sp³-hybridized carbons (Fsp3) is 0.400. The minimum atomic E-state index is 0.201. The van der Waals surface area contributed by atoms with Crippen molar-refractivity contribution in [2.24, 2.45) is 5.92 Å². The van der Waals surface area contributed by atoms with Crippen LogP contribution in [0.25, 0.3) is 6.08 Å². The van der Waals surface area contributed by atoms with Crippen LogP contribution in [0.4, 0.5) is 0 Å². The Hall–Kier alpha value is -1.29. The highest BCUT2D eigenvalue weighted by Gasteiger charge is 2.15. The van der Waals surface area contributed by atoms with Gasteiger partial charge in [0, 0.05) is 6.42 Å². The number of benzene rings is 1. The molecule has 0 radical (unpaired) electrons. The summed E-state index contributed by atoms with van der Waals surface area (Å²) in [5.74, 6) is 1.67. The number of allylic oxidation sites excluding steroid dienone is 1. The molecule has 2 rings (SSSR count). The van der Waals surface area contributed by atoms with Crippen molar-refractivity contribution in [3.63, 3.8) is 0 Å². The van der Waals surface area contributed by atoms with Crippen LogP contribution in [0, 0.1) is 5.92 Å². The van der Waals surface area contributed by atoms with Crippen LogP contribution in [0.2, 0.25) is 0 Å². The third-order valence-electron chi connectivity index (χ3n) is 2.96. The van der Waals surface area contributed by atoms with E-state index >= 15 is 0 Å². The van der Waals surface area contributed by atoms with E-state index in [0.29, 0.717) is 13.2 Å². The molecule has 19 heavy (non-hydrogen) atoms. The summed E-state index contributed by atoms with van der Waals surface area (Å²) >= 11 is 3.49. The van der Waals surface area contributed by atoms with Crippen molar-refractivity contribution in [3.05, 3.63) is 27.7 Å². The molecule has 0 bridgehead atoms. The van der Waals surface area contributed by atoms with Gasteiger partial charge in [-0.05, 0) is 51.2 Å². The highest BCUT2D eigenvalue weighted by atomic mass is 79.9. The monoisotopic (exact) mass is 324 g/mol. The summed E-state index contributed by atoms with van der Waals surface area (Å²) in [6.07, 6.45) is 3.66. The maximum Gasteiger partial charge on any atom is 0.175 e. The minimum absolute atomic E-state index is 0.201. The summed E-state index contributed by atoms with van der Waals surface area (Å²) in [5.41, 5.74) is 1.70. The largest absolute Gasteiger partial charge is 0.489 e. The number of halogens is 1. The Kier molecular flexibility index (Phi) is 4.64. The van der Waals surface area contributed by atoms with E-state index in [0.717, 1.165) is 39.8 Å². The molecule has 1 aromatic rings. The second kappa shape index (κ2) is 6.24. The van der Waals surface area contributed by atoms with Crippen LogP contribution in [0.1, 0.15) is 25.8 Å². The second-order valence-electron chi connectivity index (χ2n) is 4.80. The lowest BCUT2D eigenvalue weighted by molar-refractivity contribution is -0.105. The van der Waals surface area contributed by atoms with Gasteiger partial charge in [0.1, 0.15) is 6.29 Å². The highest BCUT2D eigenvalue weighted by molar-refractivity contribution is 9.10. The third kappa shape index (κ3) is 3.38. The maximum absolute atomic E-state index is 11.0. The van der Waals surface area contributed by atoms with E-state index in [9.17, 15) is 4.79 Å². The molecule has 3 nitrogen and oxygen atoms in total. The zero-order valence-corrected chi connectivity index (χ0v) is 12.7. The summed E-state index contributed by atoms with van der Waals surface area (Å²) in [7, 11) is 0. The Morgan fingerprint density at radius 2 is 2.05 bits per heavy atom. The van der Waals surface area contributed by atoms with Gasteiger partial charge in [-0.25, -0.2) is 0 Å². The lowest BCUT2D eigenvalue weighted by Crippen LogP contribution is -1.97. The normalized spacial score (nSPS) is 15.3. The maximum atomic E-state index is 11.0. The van der Waals surface area contributed by atoms with Crippen LogP contribution in [0.15, 0.2) is 22.2 Å². The molecule has 0 spiro atoms. The average Bonchev–Trinajstić information content (AvgIpc) is 2.61. The number of fused-ring (bicyclic) bond motifs is 1. The van der Waals surface area contributed by atoms with Crippen molar-refractivity contribution in [1.29, 1.82) is 0 Å². The minimum Gasteiger partial charge on any atom is -0.489 e. The van der Waals surface area contributed by atoms with Crippen molar-refractivity contribution in [2.45, 2.75) is 20.3 Å². The van der Waals surface area contributed by atoms with Crippen molar-refractivity contribution < 1.29 is 14.3 Å². The summed E-state index contributed by atoms with van der Waals surface area (Å²) in [5, 5.41) is 0. The standard InChI is InChI=1S/C15H17BrO3/c1-10(2)12(9-17)6-11-7-13(16)15-14(8-11)18-4-3-5-19-15/h6-10H,3-5H2,1-2H3. The molecule has 0 amide bonds. The van der Waals surface area contributed by atoms with Crippen LogP contribution >= 0.6 is 15.9 Å². The molecular weight excluding hydrogens is 308 g/mol. The van der Waals surface area contributed by atoms with Gasteiger partial charge in [-0.3, -0.25) is 4.79 Å².